The van der Waals surface area contributed by atoms with Crippen molar-refractivity contribution in [2.45, 2.75) is 50.6 Å². The second-order valence-corrected chi connectivity index (χ2v) is 9.75. The number of hydrogen-bond acceptors (Lipinski definition) is 4. The van der Waals surface area contributed by atoms with Crippen LogP contribution in [0.15, 0.2) is 55.0 Å². The molecule has 8 heteroatoms. The van der Waals surface area contributed by atoms with E-state index >= 15 is 0 Å². The topological polar surface area (TPSA) is 77.1 Å². The highest BCUT2D eigenvalue weighted by atomic mass is 35.5. The summed E-state index contributed by atoms with van der Waals surface area (Å²) in [7, 11) is 0. The molecule has 168 valence electrons. The van der Waals surface area contributed by atoms with E-state index < -0.39 is 0 Å². The molecule has 2 fully saturated rings. The maximum absolute atomic E-state index is 12.7. The van der Waals surface area contributed by atoms with Crippen molar-refractivity contribution in [2.24, 2.45) is 5.92 Å². The largest absolute Gasteiger partial charge is 0.348 e. The van der Waals surface area contributed by atoms with Crippen molar-refractivity contribution < 1.29 is 4.79 Å². The van der Waals surface area contributed by atoms with Gasteiger partial charge in [0.1, 0.15) is 11.3 Å². The Bertz CT molecular complexity index is 1340. The van der Waals surface area contributed by atoms with Gasteiger partial charge < -0.3 is 9.72 Å². The van der Waals surface area contributed by atoms with E-state index in [1.54, 1.807) is 4.68 Å². The molecular weight excluding hydrogens is 436 g/mol. The molecule has 1 aromatic carbocycles. The second kappa shape index (κ2) is 7.99. The van der Waals surface area contributed by atoms with Crippen LogP contribution in [-0.4, -0.2) is 30.3 Å². The highest BCUT2D eigenvalue weighted by Gasteiger charge is 2.44. The number of carbonyl (C=O) groups excluding carboxylic acids is 1. The maximum Gasteiger partial charge on any atom is 0.224 e. The minimum atomic E-state index is -0.214. The lowest BCUT2D eigenvalue weighted by molar-refractivity contribution is -0.123. The van der Waals surface area contributed by atoms with Gasteiger partial charge in [0, 0.05) is 23.3 Å². The second-order valence-electron chi connectivity index (χ2n) is 9.31. The summed E-state index contributed by atoms with van der Waals surface area (Å²) in [6.45, 7) is 2.47. The summed E-state index contributed by atoms with van der Waals surface area (Å²) in [6, 6.07) is 11.8. The molecule has 2 saturated carbocycles. The number of fused-ring (bicyclic) bond motifs is 1. The normalized spacial score (nSPS) is 20.7. The van der Waals surface area contributed by atoms with Crippen LogP contribution >= 0.6 is 11.6 Å². The minimum absolute atomic E-state index is 0.0144. The number of halogens is 1. The SMILES string of the molecule is C[C@H](NC(=O)[C@@H]1C[C@H]1c1cccc(Cl)c1)c1cn(Cc2cn3cc(C4CC4)ccc3n2)nn1. The number of benzene rings is 1. The average molecular weight is 461 g/mol. The zero-order chi connectivity index (χ0) is 22.5. The Morgan fingerprint density at radius 1 is 1.18 bits per heavy atom. The van der Waals surface area contributed by atoms with Gasteiger partial charge in [-0.15, -0.1) is 5.10 Å². The number of rotatable bonds is 7. The number of imidazole rings is 1. The Labute approximate surface area is 196 Å². The van der Waals surface area contributed by atoms with Crippen molar-refractivity contribution in [1.82, 2.24) is 29.7 Å². The molecule has 1 N–H and O–H groups in total. The molecule has 1 amide bonds. The van der Waals surface area contributed by atoms with Gasteiger partial charge in [-0.25, -0.2) is 9.67 Å². The van der Waals surface area contributed by atoms with Gasteiger partial charge in [-0.2, -0.15) is 0 Å². The summed E-state index contributed by atoms with van der Waals surface area (Å²) >= 11 is 6.09. The van der Waals surface area contributed by atoms with Crippen LogP contribution in [0.2, 0.25) is 5.02 Å². The fourth-order valence-electron chi connectivity index (χ4n) is 4.54. The Morgan fingerprint density at radius 3 is 2.88 bits per heavy atom. The molecule has 7 nitrogen and oxygen atoms in total. The fraction of sp³-hybridized carbons (Fsp3) is 0.360. The summed E-state index contributed by atoms with van der Waals surface area (Å²) in [5.74, 6) is 0.988. The summed E-state index contributed by atoms with van der Waals surface area (Å²) in [4.78, 5) is 17.4. The molecule has 2 aliphatic carbocycles. The van der Waals surface area contributed by atoms with Gasteiger partial charge in [0.15, 0.2) is 0 Å². The Morgan fingerprint density at radius 2 is 2.06 bits per heavy atom. The molecule has 0 saturated heterocycles. The Balaban J connectivity index is 1.08. The molecule has 3 atom stereocenters. The molecule has 0 unspecified atom stereocenters. The molecule has 3 aromatic heterocycles. The predicted octanol–water partition coefficient (Wildman–Crippen LogP) is 4.49. The molecule has 3 heterocycles. The monoisotopic (exact) mass is 460 g/mol. The van der Waals surface area contributed by atoms with Gasteiger partial charge in [-0.3, -0.25) is 4.79 Å². The number of pyridine rings is 1. The lowest BCUT2D eigenvalue weighted by atomic mass is 10.1. The average Bonchev–Trinajstić information content (AvgIpc) is 3.71. The molecular formula is C25H25ClN6O. The van der Waals surface area contributed by atoms with Crippen molar-refractivity contribution >= 4 is 23.2 Å². The van der Waals surface area contributed by atoms with Crippen LogP contribution in [0.3, 0.4) is 0 Å². The molecule has 4 aromatic rings. The van der Waals surface area contributed by atoms with E-state index in [-0.39, 0.29) is 23.8 Å². The number of carbonyl (C=O) groups is 1. The van der Waals surface area contributed by atoms with Crippen LogP contribution in [0.1, 0.15) is 66.6 Å². The van der Waals surface area contributed by atoms with Crippen molar-refractivity contribution in [2.75, 3.05) is 0 Å². The van der Waals surface area contributed by atoms with Crippen molar-refractivity contribution in [3.8, 4) is 0 Å². The minimum Gasteiger partial charge on any atom is -0.348 e. The summed E-state index contributed by atoms with van der Waals surface area (Å²) < 4.78 is 3.86. The third-order valence-electron chi connectivity index (χ3n) is 6.66. The smallest absolute Gasteiger partial charge is 0.224 e. The summed E-state index contributed by atoms with van der Waals surface area (Å²) in [5, 5.41) is 12.3. The molecule has 0 radical (unpaired) electrons. The van der Waals surface area contributed by atoms with Crippen LogP contribution in [-0.2, 0) is 11.3 Å². The van der Waals surface area contributed by atoms with Crippen LogP contribution < -0.4 is 5.32 Å². The lowest BCUT2D eigenvalue weighted by Crippen LogP contribution is -2.28. The lowest BCUT2D eigenvalue weighted by Gasteiger charge is -2.11. The standard InChI is InChI=1S/C25H25ClN6O/c1-15(27-25(33)22-10-21(22)17-3-2-4-19(26)9-17)23-14-32(30-29-23)13-20-12-31-11-18(16-5-6-16)7-8-24(31)28-20/h2-4,7-9,11-12,14-16,21-22H,5-6,10,13H2,1H3,(H,27,33)/t15-,21-,22+/m0/s1. The first kappa shape index (κ1) is 20.4. The molecule has 2 aliphatic rings. The Hall–Kier alpha value is -3.19. The summed E-state index contributed by atoms with van der Waals surface area (Å²) in [6.07, 6.45) is 9.53. The van der Waals surface area contributed by atoms with E-state index in [1.807, 2.05) is 37.4 Å². The zero-order valence-corrected chi connectivity index (χ0v) is 19.1. The number of aromatic nitrogens is 5. The van der Waals surface area contributed by atoms with Gasteiger partial charge in [-0.05, 0) is 67.3 Å². The first-order valence-electron chi connectivity index (χ1n) is 11.5. The van der Waals surface area contributed by atoms with Gasteiger partial charge in [-0.1, -0.05) is 35.0 Å². The van der Waals surface area contributed by atoms with Crippen LogP contribution in [0, 0.1) is 5.92 Å². The molecule has 0 bridgehead atoms. The van der Waals surface area contributed by atoms with Gasteiger partial charge >= 0.3 is 0 Å². The van der Waals surface area contributed by atoms with Gasteiger partial charge in [0.05, 0.1) is 24.5 Å². The zero-order valence-electron chi connectivity index (χ0n) is 18.4. The van der Waals surface area contributed by atoms with Crippen molar-refractivity contribution in [3.63, 3.8) is 0 Å². The number of amides is 1. The first-order chi connectivity index (χ1) is 16.0. The van der Waals surface area contributed by atoms with Crippen LogP contribution in [0.4, 0.5) is 0 Å². The highest BCUT2D eigenvalue weighted by Crippen LogP contribution is 2.48. The number of hydrogen-bond donors (Lipinski definition) is 1. The van der Waals surface area contributed by atoms with E-state index in [9.17, 15) is 4.79 Å². The summed E-state index contributed by atoms with van der Waals surface area (Å²) in [5.41, 5.74) is 5.11. The van der Waals surface area contributed by atoms with E-state index in [0.717, 1.165) is 29.0 Å². The molecule has 0 spiro atoms. The third-order valence-corrected chi connectivity index (χ3v) is 6.89. The van der Waals surface area contributed by atoms with Crippen molar-refractivity contribution in [3.05, 3.63) is 82.5 Å². The highest BCUT2D eigenvalue weighted by molar-refractivity contribution is 6.30. The molecule has 33 heavy (non-hydrogen) atoms. The number of nitrogens with zero attached hydrogens (tertiary/aromatic N) is 5. The quantitative estimate of drug-likeness (QED) is 0.441. The van der Waals surface area contributed by atoms with Crippen molar-refractivity contribution in [1.29, 1.82) is 0 Å². The van der Waals surface area contributed by atoms with E-state index in [4.69, 9.17) is 16.6 Å². The van der Waals surface area contributed by atoms with Gasteiger partial charge in [0.25, 0.3) is 0 Å². The van der Waals surface area contributed by atoms with Crippen LogP contribution in [0.25, 0.3) is 5.65 Å². The molecule has 6 rings (SSSR count). The van der Waals surface area contributed by atoms with Gasteiger partial charge in [0.2, 0.25) is 5.91 Å². The van der Waals surface area contributed by atoms with E-state index in [1.165, 1.54) is 18.4 Å². The van der Waals surface area contributed by atoms with E-state index in [2.05, 4.69) is 44.6 Å². The first-order valence-corrected chi connectivity index (χ1v) is 11.8. The van der Waals surface area contributed by atoms with E-state index in [0.29, 0.717) is 17.5 Å². The number of nitrogens with one attached hydrogen (secondary N) is 1. The Kier molecular flexibility index (Phi) is 4.94. The predicted molar refractivity (Wildman–Crippen MR) is 125 cm³/mol. The molecule has 0 aliphatic heterocycles. The van der Waals surface area contributed by atoms with Crippen LogP contribution in [0.5, 0.6) is 0 Å². The maximum atomic E-state index is 12.7. The fourth-order valence-corrected chi connectivity index (χ4v) is 4.73. The third kappa shape index (κ3) is 4.25.